The minimum absolute atomic E-state index is 0.136. The van der Waals surface area contributed by atoms with Crippen molar-refractivity contribution in [2.75, 3.05) is 4.90 Å². The van der Waals surface area contributed by atoms with Crippen molar-refractivity contribution in [2.24, 2.45) is 0 Å². The van der Waals surface area contributed by atoms with Gasteiger partial charge in [0.25, 0.3) is 5.91 Å². The molecule has 3 amide bonds. The van der Waals surface area contributed by atoms with E-state index >= 15 is 0 Å². The Morgan fingerprint density at radius 1 is 0.893 bits per heavy atom. The van der Waals surface area contributed by atoms with Crippen molar-refractivity contribution in [1.82, 2.24) is 5.32 Å². The van der Waals surface area contributed by atoms with Crippen LogP contribution in [0.1, 0.15) is 5.76 Å². The number of anilines is 1. The molecular formula is C20H12Cl2N2O3S. The van der Waals surface area contributed by atoms with Crippen LogP contribution in [0.25, 0.3) is 6.08 Å². The van der Waals surface area contributed by atoms with E-state index in [9.17, 15) is 9.59 Å². The molecule has 0 unspecified atom stereocenters. The van der Waals surface area contributed by atoms with Gasteiger partial charge < -0.3 is 9.73 Å². The molecule has 0 saturated carbocycles. The zero-order valence-electron chi connectivity index (χ0n) is 14.2. The van der Waals surface area contributed by atoms with Crippen LogP contribution in [0.5, 0.6) is 0 Å². The number of halogens is 2. The Labute approximate surface area is 174 Å². The van der Waals surface area contributed by atoms with Gasteiger partial charge in [-0.2, -0.15) is 0 Å². The number of furan rings is 1. The molecule has 1 aromatic heterocycles. The van der Waals surface area contributed by atoms with Gasteiger partial charge in [0.05, 0.1) is 5.69 Å². The standard InChI is InChI=1S/C20H12Cl2N2O3S/c21-12-1-5-14(6-2-12)24-19(25)17(23-20(24)26)11-15-7-10-18(27-15)28-16-8-3-13(22)4-9-16/h1-11H,(H,23,26)/b17-11+. The third-order valence-corrected chi connectivity index (χ3v) is 5.32. The van der Waals surface area contributed by atoms with Crippen LogP contribution in [0, 0.1) is 0 Å². The summed E-state index contributed by atoms with van der Waals surface area (Å²) in [4.78, 5) is 26.9. The predicted molar refractivity (Wildman–Crippen MR) is 110 cm³/mol. The fourth-order valence-electron chi connectivity index (χ4n) is 2.59. The lowest BCUT2D eigenvalue weighted by Crippen LogP contribution is -2.30. The average Bonchev–Trinajstić information content (AvgIpc) is 3.22. The zero-order chi connectivity index (χ0) is 19.7. The van der Waals surface area contributed by atoms with Crippen LogP contribution >= 0.6 is 35.0 Å². The second-order valence-corrected chi connectivity index (χ2v) is 7.77. The van der Waals surface area contributed by atoms with Crippen molar-refractivity contribution >= 4 is 58.7 Å². The molecule has 0 aliphatic carbocycles. The highest BCUT2D eigenvalue weighted by atomic mass is 35.5. The number of carbonyl (C=O) groups is 2. The molecule has 1 aliphatic heterocycles. The number of benzene rings is 2. The largest absolute Gasteiger partial charge is 0.450 e. The van der Waals surface area contributed by atoms with E-state index in [1.165, 1.54) is 17.8 Å². The lowest BCUT2D eigenvalue weighted by atomic mass is 10.3. The van der Waals surface area contributed by atoms with Crippen molar-refractivity contribution in [3.63, 3.8) is 0 Å². The Balaban J connectivity index is 1.52. The van der Waals surface area contributed by atoms with E-state index in [0.717, 1.165) is 9.80 Å². The molecule has 2 aromatic carbocycles. The number of nitrogens with zero attached hydrogens (tertiary/aromatic N) is 1. The Morgan fingerprint density at radius 2 is 1.54 bits per heavy atom. The van der Waals surface area contributed by atoms with Gasteiger partial charge in [-0.1, -0.05) is 35.0 Å². The van der Waals surface area contributed by atoms with Gasteiger partial charge in [-0.25, -0.2) is 9.69 Å². The summed E-state index contributed by atoms with van der Waals surface area (Å²) in [6, 6.07) is 16.8. The van der Waals surface area contributed by atoms with Crippen LogP contribution in [0.15, 0.2) is 80.8 Å². The molecule has 4 rings (SSSR count). The highest BCUT2D eigenvalue weighted by molar-refractivity contribution is 7.99. The van der Waals surface area contributed by atoms with Gasteiger partial charge in [0.15, 0.2) is 5.09 Å². The summed E-state index contributed by atoms with van der Waals surface area (Å²) in [7, 11) is 0. The van der Waals surface area contributed by atoms with Gasteiger partial charge >= 0.3 is 6.03 Å². The maximum absolute atomic E-state index is 12.6. The SMILES string of the molecule is O=C1N/C(=C/c2ccc(Sc3ccc(Cl)cc3)o2)C(=O)N1c1ccc(Cl)cc1. The quantitative estimate of drug-likeness (QED) is 0.417. The molecule has 0 atom stereocenters. The first kappa shape index (κ1) is 18.7. The minimum Gasteiger partial charge on any atom is -0.450 e. The zero-order valence-corrected chi connectivity index (χ0v) is 16.5. The van der Waals surface area contributed by atoms with Gasteiger partial charge in [-0.3, -0.25) is 4.79 Å². The molecule has 3 aromatic rings. The summed E-state index contributed by atoms with van der Waals surface area (Å²) in [5.41, 5.74) is 0.575. The molecule has 1 N–H and O–H groups in total. The van der Waals surface area contributed by atoms with Gasteiger partial charge in [0.1, 0.15) is 11.5 Å². The predicted octanol–water partition coefficient (Wildman–Crippen LogP) is 5.83. The Hall–Kier alpha value is -2.67. The number of imide groups is 1. The number of carbonyl (C=O) groups excluding carboxylic acids is 2. The molecular weight excluding hydrogens is 419 g/mol. The number of hydrogen-bond acceptors (Lipinski definition) is 4. The van der Waals surface area contributed by atoms with Gasteiger partial charge in [-0.05, 0) is 60.7 Å². The summed E-state index contributed by atoms with van der Waals surface area (Å²) < 4.78 is 5.73. The Morgan fingerprint density at radius 3 is 2.21 bits per heavy atom. The fraction of sp³-hybridized carbons (Fsp3) is 0. The summed E-state index contributed by atoms with van der Waals surface area (Å²) in [5.74, 6) is -0.00584. The smallest absolute Gasteiger partial charge is 0.333 e. The highest BCUT2D eigenvalue weighted by Gasteiger charge is 2.35. The van der Waals surface area contributed by atoms with E-state index in [-0.39, 0.29) is 5.70 Å². The minimum atomic E-state index is -0.527. The molecule has 8 heteroatoms. The summed E-state index contributed by atoms with van der Waals surface area (Å²) in [6.07, 6.45) is 1.50. The van der Waals surface area contributed by atoms with Crippen LogP contribution < -0.4 is 10.2 Å². The van der Waals surface area contributed by atoms with Crippen LogP contribution in [-0.4, -0.2) is 11.9 Å². The van der Waals surface area contributed by atoms with Crippen LogP contribution in [0.3, 0.4) is 0 Å². The van der Waals surface area contributed by atoms with Crippen LogP contribution in [0.4, 0.5) is 10.5 Å². The maximum atomic E-state index is 12.6. The maximum Gasteiger partial charge on any atom is 0.333 e. The summed E-state index contributed by atoms with van der Waals surface area (Å²) in [5, 5.41) is 4.40. The first-order valence-electron chi connectivity index (χ1n) is 8.15. The highest BCUT2D eigenvalue weighted by Crippen LogP contribution is 2.31. The molecule has 1 aliphatic rings. The number of rotatable bonds is 4. The molecule has 0 spiro atoms. The Kier molecular flexibility index (Phi) is 5.17. The third-order valence-electron chi connectivity index (χ3n) is 3.88. The van der Waals surface area contributed by atoms with Crippen LogP contribution in [0.2, 0.25) is 10.0 Å². The lowest BCUT2D eigenvalue weighted by molar-refractivity contribution is -0.113. The molecule has 5 nitrogen and oxygen atoms in total. The topological polar surface area (TPSA) is 62.6 Å². The Bertz CT molecular complexity index is 1080. The third kappa shape index (κ3) is 3.94. The second-order valence-electron chi connectivity index (χ2n) is 5.82. The first-order valence-corrected chi connectivity index (χ1v) is 9.73. The fourth-order valence-corrected chi connectivity index (χ4v) is 3.62. The van der Waals surface area contributed by atoms with E-state index in [0.29, 0.717) is 26.6 Å². The van der Waals surface area contributed by atoms with E-state index in [1.807, 2.05) is 12.1 Å². The number of nitrogens with one attached hydrogen (secondary N) is 1. The average molecular weight is 431 g/mol. The normalized spacial score (nSPS) is 15.4. The van der Waals surface area contributed by atoms with Crippen molar-refractivity contribution in [1.29, 1.82) is 0 Å². The number of hydrogen-bond donors (Lipinski definition) is 1. The van der Waals surface area contributed by atoms with E-state index in [4.69, 9.17) is 27.6 Å². The van der Waals surface area contributed by atoms with Crippen molar-refractivity contribution in [3.8, 4) is 0 Å². The van der Waals surface area contributed by atoms with Gasteiger partial charge in [-0.15, -0.1) is 0 Å². The molecule has 0 radical (unpaired) electrons. The monoisotopic (exact) mass is 430 g/mol. The van der Waals surface area contributed by atoms with Crippen molar-refractivity contribution in [2.45, 2.75) is 9.99 Å². The first-order chi connectivity index (χ1) is 13.5. The molecule has 0 bridgehead atoms. The molecule has 2 heterocycles. The lowest BCUT2D eigenvalue weighted by Gasteiger charge is -2.11. The summed E-state index contributed by atoms with van der Waals surface area (Å²) >= 11 is 13.2. The van der Waals surface area contributed by atoms with E-state index in [1.54, 1.807) is 48.5 Å². The van der Waals surface area contributed by atoms with E-state index < -0.39 is 11.9 Å². The van der Waals surface area contributed by atoms with Gasteiger partial charge in [0, 0.05) is 21.0 Å². The second kappa shape index (κ2) is 7.75. The molecule has 1 saturated heterocycles. The molecule has 140 valence electrons. The van der Waals surface area contributed by atoms with E-state index in [2.05, 4.69) is 5.32 Å². The van der Waals surface area contributed by atoms with Crippen LogP contribution in [-0.2, 0) is 4.79 Å². The number of amides is 3. The van der Waals surface area contributed by atoms with Gasteiger partial charge in [0.2, 0.25) is 0 Å². The number of urea groups is 1. The van der Waals surface area contributed by atoms with Crippen molar-refractivity contribution in [3.05, 3.63) is 82.2 Å². The molecule has 1 fully saturated rings. The molecule has 28 heavy (non-hydrogen) atoms. The summed E-state index contributed by atoms with van der Waals surface area (Å²) in [6.45, 7) is 0. The van der Waals surface area contributed by atoms with Crippen molar-refractivity contribution < 1.29 is 14.0 Å².